The monoisotopic (exact) mass is 248 g/mol. The van der Waals surface area contributed by atoms with Crippen LogP contribution in [0.3, 0.4) is 0 Å². The average Bonchev–Trinajstić information content (AvgIpc) is 2.99. The van der Waals surface area contributed by atoms with Crippen LogP contribution in [0.25, 0.3) is 0 Å². The average molecular weight is 248 g/mol. The van der Waals surface area contributed by atoms with Gasteiger partial charge in [-0.2, -0.15) is 0 Å². The summed E-state index contributed by atoms with van der Waals surface area (Å²) in [5.41, 5.74) is 0. The predicted molar refractivity (Wildman–Crippen MR) is 70.1 cm³/mol. The third-order valence-corrected chi connectivity index (χ3v) is 5.78. The Morgan fingerprint density at radius 2 is 1.78 bits per heavy atom. The molecule has 3 heteroatoms. The Labute approximate surface area is 109 Å². The third kappa shape index (κ3) is 1.78. The topological polar surface area (TPSA) is 32.3 Å². The lowest BCUT2D eigenvalue weighted by molar-refractivity contribution is -0.140. The zero-order valence-electron chi connectivity index (χ0n) is 11.1. The van der Waals surface area contributed by atoms with Gasteiger partial charge in [0.25, 0.3) is 0 Å². The van der Waals surface area contributed by atoms with E-state index in [9.17, 15) is 4.79 Å². The Hall–Kier alpha value is -0.570. The molecule has 0 aromatic heterocycles. The van der Waals surface area contributed by atoms with Gasteiger partial charge in [0.2, 0.25) is 5.91 Å². The molecule has 0 aromatic rings. The first-order valence-corrected chi connectivity index (χ1v) is 7.84. The molecule has 3 aliphatic heterocycles. The van der Waals surface area contributed by atoms with Crippen LogP contribution in [0.4, 0.5) is 0 Å². The maximum absolute atomic E-state index is 12.7. The largest absolute Gasteiger partial charge is 0.342 e. The fourth-order valence-corrected chi connectivity index (χ4v) is 4.94. The van der Waals surface area contributed by atoms with Gasteiger partial charge in [0.15, 0.2) is 0 Å². The molecule has 18 heavy (non-hydrogen) atoms. The molecule has 3 saturated heterocycles. The molecule has 4 fully saturated rings. The van der Waals surface area contributed by atoms with Gasteiger partial charge in [-0.25, -0.2) is 0 Å². The van der Waals surface area contributed by atoms with Crippen LogP contribution in [0, 0.1) is 17.8 Å². The van der Waals surface area contributed by atoms with Crippen molar-refractivity contribution < 1.29 is 4.79 Å². The Bertz CT molecular complexity index is 344. The van der Waals surface area contributed by atoms with Crippen molar-refractivity contribution in [1.82, 2.24) is 10.2 Å². The zero-order valence-corrected chi connectivity index (χ0v) is 11.1. The lowest BCUT2D eigenvalue weighted by Gasteiger charge is -2.42. The van der Waals surface area contributed by atoms with Gasteiger partial charge in [-0.3, -0.25) is 4.79 Å². The Morgan fingerprint density at radius 3 is 2.39 bits per heavy atom. The number of fused-ring (bicyclic) bond motifs is 4. The molecule has 0 spiro atoms. The molecule has 0 aromatic carbocycles. The van der Waals surface area contributed by atoms with E-state index in [1.807, 2.05) is 0 Å². The van der Waals surface area contributed by atoms with Crippen molar-refractivity contribution in [2.24, 2.45) is 17.8 Å². The van der Waals surface area contributed by atoms with Crippen molar-refractivity contribution in [2.75, 3.05) is 13.1 Å². The van der Waals surface area contributed by atoms with E-state index in [2.05, 4.69) is 10.2 Å². The van der Waals surface area contributed by atoms with E-state index in [1.54, 1.807) is 0 Å². The lowest BCUT2D eigenvalue weighted by Crippen LogP contribution is -2.49. The Morgan fingerprint density at radius 1 is 1.00 bits per heavy atom. The summed E-state index contributed by atoms with van der Waals surface area (Å²) >= 11 is 0. The summed E-state index contributed by atoms with van der Waals surface area (Å²) in [7, 11) is 0. The van der Waals surface area contributed by atoms with Crippen molar-refractivity contribution in [3.05, 3.63) is 0 Å². The number of nitrogens with zero attached hydrogens (tertiary/aromatic N) is 1. The number of carbonyl (C=O) groups excluding carboxylic acids is 1. The maximum Gasteiger partial charge on any atom is 0.227 e. The van der Waals surface area contributed by atoms with E-state index in [4.69, 9.17) is 0 Å². The van der Waals surface area contributed by atoms with E-state index in [-0.39, 0.29) is 0 Å². The Kier molecular flexibility index (Phi) is 2.65. The van der Waals surface area contributed by atoms with Gasteiger partial charge in [-0.15, -0.1) is 0 Å². The summed E-state index contributed by atoms with van der Waals surface area (Å²) in [5.74, 6) is 2.41. The highest BCUT2D eigenvalue weighted by molar-refractivity contribution is 5.80. The van der Waals surface area contributed by atoms with Gasteiger partial charge in [0.05, 0.1) is 5.92 Å². The number of amides is 1. The van der Waals surface area contributed by atoms with Crippen LogP contribution >= 0.6 is 0 Å². The first-order valence-electron chi connectivity index (χ1n) is 7.84. The molecule has 1 N–H and O–H groups in total. The number of carbonyl (C=O) groups is 1. The second-order valence-electron chi connectivity index (χ2n) is 7.03. The van der Waals surface area contributed by atoms with Crippen LogP contribution in [0.1, 0.15) is 44.9 Å². The van der Waals surface area contributed by atoms with Crippen LogP contribution in [0.5, 0.6) is 0 Å². The lowest BCUT2D eigenvalue weighted by atomic mass is 9.77. The minimum Gasteiger partial charge on any atom is -0.342 e. The fraction of sp³-hybridized carbons (Fsp3) is 0.933. The SMILES string of the molecule is O=C(C1CC2CCC1N2)N1CC2CCCC(C2)C1. The van der Waals surface area contributed by atoms with Crippen LogP contribution < -0.4 is 5.32 Å². The van der Waals surface area contributed by atoms with Crippen molar-refractivity contribution in [3.63, 3.8) is 0 Å². The van der Waals surface area contributed by atoms with E-state index in [1.165, 1.54) is 38.5 Å². The quantitative estimate of drug-likeness (QED) is 0.767. The fourth-order valence-electron chi connectivity index (χ4n) is 4.94. The summed E-state index contributed by atoms with van der Waals surface area (Å²) in [5, 5.41) is 3.60. The highest BCUT2D eigenvalue weighted by Gasteiger charge is 2.45. The smallest absolute Gasteiger partial charge is 0.227 e. The molecule has 5 atom stereocenters. The predicted octanol–water partition coefficient (Wildman–Crippen LogP) is 1.78. The van der Waals surface area contributed by atoms with Crippen LogP contribution in [0.15, 0.2) is 0 Å². The number of hydrogen-bond donors (Lipinski definition) is 1. The van der Waals surface area contributed by atoms with Crippen molar-refractivity contribution in [3.8, 4) is 0 Å². The number of piperidine rings is 1. The molecule has 1 aliphatic carbocycles. The zero-order chi connectivity index (χ0) is 12.1. The minimum absolute atomic E-state index is 0.308. The second-order valence-corrected chi connectivity index (χ2v) is 7.03. The molecule has 4 aliphatic rings. The van der Waals surface area contributed by atoms with Gasteiger partial charge < -0.3 is 10.2 Å². The van der Waals surface area contributed by atoms with Gasteiger partial charge in [0, 0.05) is 25.2 Å². The molecule has 4 rings (SSSR count). The standard InChI is InChI=1S/C15H24N2O/c18-15(13-7-12-4-5-14(13)16-12)17-8-10-2-1-3-11(6-10)9-17/h10-14,16H,1-9H2. The molecular weight excluding hydrogens is 224 g/mol. The van der Waals surface area contributed by atoms with Gasteiger partial charge >= 0.3 is 0 Å². The highest BCUT2D eigenvalue weighted by Crippen LogP contribution is 2.38. The molecule has 5 unspecified atom stereocenters. The first-order chi connectivity index (χ1) is 8.79. The van der Waals surface area contributed by atoms with Crippen LogP contribution in [0.2, 0.25) is 0 Å². The summed E-state index contributed by atoms with van der Waals surface area (Å²) in [6.07, 6.45) is 9.12. The summed E-state index contributed by atoms with van der Waals surface area (Å²) < 4.78 is 0. The van der Waals surface area contributed by atoms with Crippen molar-refractivity contribution in [1.29, 1.82) is 0 Å². The van der Waals surface area contributed by atoms with Gasteiger partial charge in [-0.1, -0.05) is 6.42 Å². The van der Waals surface area contributed by atoms with E-state index in [0.717, 1.165) is 31.3 Å². The number of hydrogen-bond acceptors (Lipinski definition) is 2. The third-order valence-electron chi connectivity index (χ3n) is 5.78. The number of rotatable bonds is 1. The van der Waals surface area contributed by atoms with Gasteiger partial charge in [0.1, 0.15) is 0 Å². The van der Waals surface area contributed by atoms with Crippen molar-refractivity contribution >= 4 is 5.91 Å². The second kappa shape index (κ2) is 4.22. The molecular formula is C15H24N2O. The molecule has 0 radical (unpaired) electrons. The molecule has 1 saturated carbocycles. The molecule has 4 bridgehead atoms. The van der Waals surface area contributed by atoms with E-state index in [0.29, 0.717) is 23.9 Å². The molecule has 1 amide bonds. The van der Waals surface area contributed by atoms with E-state index >= 15 is 0 Å². The summed E-state index contributed by atoms with van der Waals surface area (Å²) in [6.45, 7) is 2.12. The first kappa shape index (κ1) is 11.3. The molecule has 100 valence electrons. The number of nitrogens with one attached hydrogen (secondary N) is 1. The summed E-state index contributed by atoms with van der Waals surface area (Å²) in [4.78, 5) is 14.9. The molecule has 3 nitrogen and oxygen atoms in total. The minimum atomic E-state index is 0.308. The van der Waals surface area contributed by atoms with Crippen LogP contribution in [-0.4, -0.2) is 36.0 Å². The Balaban J connectivity index is 1.45. The summed E-state index contributed by atoms with van der Waals surface area (Å²) in [6, 6.07) is 1.15. The van der Waals surface area contributed by atoms with E-state index < -0.39 is 0 Å². The van der Waals surface area contributed by atoms with Crippen LogP contribution in [-0.2, 0) is 4.79 Å². The van der Waals surface area contributed by atoms with Gasteiger partial charge in [-0.05, 0) is 50.4 Å². The number of likely N-dealkylation sites (tertiary alicyclic amines) is 1. The highest BCUT2D eigenvalue weighted by atomic mass is 16.2. The normalized spacial score (nSPS) is 46.4. The molecule has 3 heterocycles. The van der Waals surface area contributed by atoms with Crippen molar-refractivity contribution in [2.45, 2.75) is 57.0 Å². The maximum atomic E-state index is 12.7.